The molecular formula is C28H45NO2. The summed E-state index contributed by atoms with van der Waals surface area (Å²) >= 11 is 0. The van der Waals surface area contributed by atoms with Gasteiger partial charge in [0, 0.05) is 12.5 Å². The predicted molar refractivity (Wildman–Crippen MR) is 131 cm³/mol. The predicted octanol–water partition coefficient (Wildman–Crippen LogP) is 6.74. The Morgan fingerprint density at radius 3 is 2.10 bits per heavy atom. The van der Waals surface area contributed by atoms with E-state index < -0.39 is 6.10 Å². The largest absolute Gasteiger partial charge is 0.389 e. The summed E-state index contributed by atoms with van der Waals surface area (Å²) in [4.78, 5) is 11.2. The number of aryl methyl sites for hydroxylation is 1. The minimum absolute atomic E-state index is 0.114. The summed E-state index contributed by atoms with van der Waals surface area (Å²) in [6, 6.07) is 10.9. The average Bonchev–Trinajstić information content (AvgIpc) is 3.20. The van der Waals surface area contributed by atoms with Crippen LogP contribution in [-0.2, 0) is 11.2 Å². The molecule has 3 heteroatoms. The lowest BCUT2D eigenvalue weighted by Crippen LogP contribution is -2.24. The van der Waals surface area contributed by atoms with E-state index in [2.05, 4.69) is 42.6 Å². The molecule has 1 aliphatic heterocycles. The molecule has 3 nitrogen and oxygen atoms in total. The molecule has 1 saturated heterocycles. The normalized spacial score (nSPS) is 18.4. The number of aliphatic hydroxyl groups excluding tert-OH is 1. The van der Waals surface area contributed by atoms with E-state index in [-0.39, 0.29) is 17.9 Å². The Morgan fingerprint density at radius 2 is 1.52 bits per heavy atom. The second kappa shape index (κ2) is 16.1. The molecule has 174 valence electrons. The van der Waals surface area contributed by atoms with Gasteiger partial charge in [-0.3, -0.25) is 4.79 Å². The van der Waals surface area contributed by atoms with E-state index in [0.29, 0.717) is 6.42 Å². The summed E-state index contributed by atoms with van der Waals surface area (Å²) in [6.45, 7) is 2.13. The van der Waals surface area contributed by atoms with Gasteiger partial charge in [-0.1, -0.05) is 114 Å². The van der Waals surface area contributed by atoms with Crippen LogP contribution >= 0.6 is 0 Å². The molecule has 1 aromatic rings. The average molecular weight is 428 g/mol. The van der Waals surface area contributed by atoms with Crippen molar-refractivity contribution in [3.05, 3.63) is 48.0 Å². The molecule has 1 fully saturated rings. The molecule has 1 amide bonds. The van der Waals surface area contributed by atoms with Crippen molar-refractivity contribution >= 4 is 5.91 Å². The van der Waals surface area contributed by atoms with Gasteiger partial charge in [0.2, 0.25) is 5.91 Å². The summed E-state index contributed by atoms with van der Waals surface area (Å²) in [7, 11) is 0. The summed E-state index contributed by atoms with van der Waals surface area (Å²) in [5.41, 5.74) is 1.47. The molecule has 2 N–H and O–H groups in total. The maximum Gasteiger partial charge on any atom is 0.220 e. The van der Waals surface area contributed by atoms with E-state index in [9.17, 15) is 9.90 Å². The van der Waals surface area contributed by atoms with Gasteiger partial charge in [-0.25, -0.2) is 0 Å². The fourth-order valence-electron chi connectivity index (χ4n) is 4.42. The van der Waals surface area contributed by atoms with Crippen LogP contribution in [0.15, 0.2) is 42.5 Å². The van der Waals surface area contributed by atoms with Gasteiger partial charge in [0.1, 0.15) is 0 Å². The molecular weight excluding hydrogens is 382 g/mol. The minimum Gasteiger partial charge on any atom is -0.389 e. The summed E-state index contributed by atoms with van der Waals surface area (Å²) < 4.78 is 0. The number of carbonyl (C=O) groups excluding carboxylic acids is 1. The van der Waals surface area contributed by atoms with Crippen LogP contribution in [0.1, 0.15) is 102 Å². The molecule has 31 heavy (non-hydrogen) atoms. The van der Waals surface area contributed by atoms with E-state index in [1.807, 2.05) is 12.2 Å². The Balaban J connectivity index is 1.33. The minimum atomic E-state index is -0.398. The van der Waals surface area contributed by atoms with Crippen LogP contribution in [0.3, 0.4) is 0 Å². The van der Waals surface area contributed by atoms with Crippen molar-refractivity contribution < 1.29 is 9.90 Å². The van der Waals surface area contributed by atoms with E-state index in [1.165, 1.54) is 82.6 Å². The fourth-order valence-corrected chi connectivity index (χ4v) is 4.42. The lowest BCUT2D eigenvalue weighted by Gasteiger charge is -2.16. The third-order valence-electron chi connectivity index (χ3n) is 6.62. The van der Waals surface area contributed by atoms with Gasteiger partial charge in [0.25, 0.3) is 0 Å². The zero-order chi connectivity index (χ0) is 22.2. The first-order valence-electron chi connectivity index (χ1n) is 12.8. The van der Waals surface area contributed by atoms with E-state index >= 15 is 0 Å². The first-order chi connectivity index (χ1) is 15.1. The monoisotopic (exact) mass is 427 g/mol. The van der Waals surface area contributed by atoms with Gasteiger partial charge in [0.15, 0.2) is 0 Å². The van der Waals surface area contributed by atoms with Gasteiger partial charge in [-0.2, -0.15) is 0 Å². The van der Waals surface area contributed by atoms with Crippen LogP contribution in [0.5, 0.6) is 0 Å². The zero-order valence-electron chi connectivity index (χ0n) is 19.7. The number of rotatable bonds is 17. The molecule has 2 rings (SSSR count). The van der Waals surface area contributed by atoms with Gasteiger partial charge >= 0.3 is 0 Å². The molecule has 0 bridgehead atoms. The van der Waals surface area contributed by atoms with Gasteiger partial charge in [-0.15, -0.1) is 0 Å². The molecule has 0 unspecified atom stereocenters. The van der Waals surface area contributed by atoms with Crippen LogP contribution in [0.2, 0.25) is 0 Å². The quantitative estimate of drug-likeness (QED) is 0.214. The number of hydrogen-bond acceptors (Lipinski definition) is 2. The van der Waals surface area contributed by atoms with Gasteiger partial charge < -0.3 is 10.4 Å². The maximum absolute atomic E-state index is 11.2. The van der Waals surface area contributed by atoms with Crippen LogP contribution < -0.4 is 5.32 Å². The van der Waals surface area contributed by atoms with Crippen LogP contribution in [0, 0.1) is 5.92 Å². The van der Waals surface area contributed by atoms with E-state index in [1.54, 1.807) is 0 Å². The number of unbranched alkanes of at least 4 members (excludes halogenated alkanes) is 10. The topological polar surface area (TPSA) is 49.3 Å². The highest BCUT2D eigenvalue weighted by molar-refractivity contribution is 5.78. The number of hydrogen-bond donors (Lipinski definition) is 2. The van der Waals surface area contributed by atoms with Crippen molar-refractivity contribution in [2.24, 2.45) is 5.92 Å². The first-order valence-corrected chi connectivity index (χ1v) is 12.8. The Morgan fingerprint density at radius 1 is 0.935 bits per heavy atom. The summed E-state index contributed by atoms with van der Waals surface area (Å²) in [5.74, 6) is 0.409. The first kappa shape index (κ1) is 25.6. The summed E-state index contributed by atoms with van der Waals surface area (Å²) in [6.07, 6.45) is 22.0. The maximum atomic E-state index is 11.2. The second-order valence-corrected chi connectivity index (χ2v) is 9.48. The van der Waals surface area contributed by atoms with Crippen molar-refractivity contribution in [2.45, 2.75) is 115 Å². The van der Waals surface area contributed by atoms with Crippen molar-refractivity contribution in [3.8, 4) is 0 Å². The Bertz CT molecular complexity index is 613. The van der Waals surface area contributed by atoms with Crippen molar-refractivity contribution in [1.82, 2.24) is 5.32 Å². The molecule has 0 aromatic heterocycles. The van der Waals surface area contributed by atoms with Crippen LogP contribution in [0.25, 0.3) is 0 Å². The molecule has 0 aliphatic carbocycles. The highest BCUT2D eigenvalue weighted by atomic mass is 16.3. The van der Waals surface area contributed by atoms with E-state index in [4.69, 9.17) is 0 Å². The molecule has 1 heterocycles. The standard InChI is InChI=1S/C28H45NO2/c1-24(27(30)22-20-26-21-23-28(31)29-26)16-12-9-7-5-3-2-4-6-8-10-13-17-25-18-14-11-15-19-25/h11,14-15,18-20,22,24,26-27,30H,2-10,12-13,16-17,21,23H2,1H3,(H,29,31)/b22-20+/t24-,26+,27-/m1/s1. The third-order valence-corrected chi connectivity index (χ3v) is 6.62. The third kappa shape index (κ3) is 12.1. The van der Waals surface area contributed by atoms with E-state index in [0.717, 1.165) is 12.8 Å². The molecule has 3 atom stereocenters. The Kier molecular flexibility index (Phi) is 13.3. The molecule has 0 radical (unpaired) electrons. The molecule has 1 aromatic carbocycles. The SMILES string of the molecule is C[C@H](CCCCCCCCCCCCCc1ccccc1)[C@H](O)/C=C/[C@H]1CCC(=O)N1. The number of aliphatic hydroxyl groups is 1. The number of carbonyl (C=O) groups is 1. The highest BCUT2D eigenvalue weighted by Gasteiger charge is 2.18. The smallest absolute Gasteiger partial charge is 0.220 e. The number of benzene rings is 1. The highest BCUT2D eigenvalue weighted by Crippen LogP contribution is 2.18. The van der Waals surface area contributed by atoms with Crippen molar-refractivity contribution in [3.63, 3.8) is 0 Å². The Labute approximate surface area is 190 Å². The van der Waals surface area contributed by atoms with Crippen LogP contribution in [0.4, 0.5) is 0 Å². The number of nitrogens with one attached hydrogen (secondary N) is 1. The molecule has 1 aliphatic rings. The lowest BCUT2D eigenvalue weighted by molar-refractivity contribution is -0.119. The van der Waals surface area contributed by atoms with Gasteiger partial charge in [-0.05, 0) is 37.2 Å². The molecule has 0 spiro atoms. The molecule has 0 saturated carbocycles. The fraction of sp³-hybridized carbons (Fsp3) is 0.679. The lowest BCUT2D eigenvalue weighted by atomic mass is 9.96. The second-order valence-electron chi connectivity index (χ2n) is 9.48. The Hall–Kier alpha value is -1.61. The zero-order valence-corrected chi connectivity index (χ0v) is 19.7. The van der Waals surface area contributed by atoms with Crippen molar-refractivity contribution in [2.75, 3.05) is 0 Å². The van der Waals surface area contributed by atoms with Gasteiger partial charge in [0.05, 0.1) is 6.10 Å². The summed E-state index contributed by atoms with van der Waals surface area (Å²) in [5, 5.41) is 13.2. The van der Waals surface area contributed by atoms with Crippen LogP contribution in [-0.4, -0.2) is 23.2 Å². The number of amides is 1. The van der Waals surface area contributed by atoms with Crippen molar-refractivity contribution in [1.29, 1.82) is 0 Å².